The highest BCUT2D eigenvalue weighted by atomic mass is 32.2. The number of rotatable bonds is 9. The van der Waals surface area contributed by atoms with Gasteiger partial charge in [0.15, 0.2) is 5.78 Å². The summed E-state index contributed by atoms with van der Waals surface area (Å²) in [6.45, 7) is 9.04. The van der Waals surface area contributed by atoms with Crippen LogP contribution in [0.5, 0.6) is 0 Å². The number of ketones is 1. The van der Waals surface area contributed by atoms with Crippen molar-refractivity contribution in [1.29, 1.82) is 0 Å². The predicted octanol–water partition coefficient (Wildman–Crippen LogP) is 2.97. The number of carbonyl (C=O) groups excluding carboxylic acids is 2. The minimum absolute atomic E-state index is 0.163. The minimum Gasteiger partial charge on any atom is -0.476 e. The van der Waals surface area contributed by atoms with E-state index in [1.807, 2.05) is 0 Å². The molecule has 0 radical (unpaired) electrons. The van der Waals surface area contributed by atoms with Gasteiger partial charge in [0, 0.05) is 5.57 Å². The lowest BCUT2D eigenvalue weighted by Crippen LogP contribution is -2.32. The minimum atomic E-state index is -1.39. The van der Waals surface area contributed by atoms with Crippen molar-refractivity contribution in [3.8, 4) is 0 Å². The van der Waals surface area contributed by atoms with Crippen molar-refractivity contribution in [2.24, 2.45) is 0 Å². The van der Waals surface area contributed by atoms with Crippen molar-refractivity contribution < 1.29 is 28.9 Å². The van der Waals surface area contributed by atoms with Gasteiger partial charge in [0.1, 0.15) is 17.0 Å². The smallest absolute Gasteiger partial charge is 0.322 e. The van der Waals surface area contributed by atoms with Gasteiger partial charge in [-0.1, -0.05) is 30.0 Å². The van der Waals surface area contributed by atoms with Crippen LogP contribution in [0.2, 0.25) is 0 Å². The van der Waals surface area contributed by atoms with E-state index < -0.39 is 10.3 Å². The molecule has 1 atom stereocenters. The largest absolute Gasteiger partial charge is 0.476 e. The fourth-order valence-electron chi connectivity index (χ4n) is 2.15. The van der Waals surface area contributed by atoms with Crippen LogP contribution >= 0.6 is 24.0 Å². The average molecular weight is 417 g/mol. The molecule has 0 amide bonds. The number of hydrogen-bond donors (Lipinski definition) is 1. The zero-order chi connectivity index (χ0) is 20.7. The van der Waals surface area contributed by atoms with Gasteiger partial charge in [-0.2, -0.15) is 0 Å². The number of hydrogen-bond acceptors (Lipinski definition) is 8. The summed E-state index contributed by atoms with van der Waals surface area (Å²) in [5.74, 6) is -0.653. The van der Waals surface area contributed by atoms with Gasteiger partial charge < -0.3 is 19.3 Å². The average Bonchev–Trinajstić information content (AvgIpc) is 2.57. The molecule has 0 saturated heterocycles. The van der Waals surface area contributed by atoms with Crippen LogP contribution in [-0.2, 0) is 23.8 Å². The maximum atomic E-state index is 12.0. The summed E-state index contributed by atoms with van der Waals surface area (Å²) in [4.78, 5) is 23.8. The van der Waals surface area contributed by atoms with E-state index in [0.717, 1.165) is 11.8 Å². The number of carbonyl (C=O) groups is 2. The molecular weight excluding hydrogens is 388 g/mol. The molecule has 0 heterocycles. The Hall–Kier alpha value is -1.22. The molecule has 0 aliphatic heterocycles. The highest BCUT2D eigenvalue weighted by Gasteiger charge is 2.32. The summed E-state index contributed by atoms with van der Waals surface area (Å²) < 4.78 is 15.6. The first-order valence-corrected chi connectivity index (χ1v) is 10.00. The highest BCUT2D eigenvalue weighted by Crippen LogP contribution is 2.28. The Balaban J connectivity index is 2.31. The van der Waals surface area contributed by atoms with E-state index in [9.17, 15) is 14.7 Å². The van der Waals surface area contributed by atoms with E-state index in [1.165, 1.54) is 13.8 Å². The Labute approximate surface area is 170 Å². The predicted molar refractivity (Wildman–Crippen MR) is 110 cm³/mol. The number of allylic oxidation sites excluding steroid dienone is 1. The van der Waals surface area contributed by atoms with Crippen molar-refractivity contribution in [3.63, 3.8) is 0 Å². The zero-order valence-corrected chi connectivity index (χ0v) is 18.1. The van der Waals surface area contributed by atoms with Crippen LogP contribution in [0.4, 0.5) is 0 Å². The lowest BCUT2D eigenvalue weighted by atomic mass is 9.92. The second-order valence-corrected chi connectivity index (χ2v) is 9.21. The number of Topliss-reactive ketones (excluding diaryl/α,β-unsaturated/α-hetero) is 1. The third-order valence-corrected chi connectivity index (χ3v) is 4.95. The molecule has 0 fully saturated rings. The molecule has 8 heteroatoms. The second-order valence-electron chi connectivity index (χ2n) is 6.98. The Bertz CT molecular complexity index is 616. The van der Waals surface area contributed by atoms with Gasteiger partial charge in [-0.25, -0.2) is 0 Å². The highest BCUT2D eigenvalue weighted by molar-refractivity contribution is 8.23. The van der Waals surface area contributed by atoms with Crippen molar-refractivity contribution >= 4 is 40.1 Å². The molecule has 0 bridgehead atoms. The Kier molecular flexibility index (Phi) is 9.14. The maximum Gasteiger partial charge on any atom is 0.322 e. The first-order valence-electron chi connectivity index (χ1n) is 8.77. The van der Waals surface area contributed by atoms with Gasteiger partial charge in [0.2, 0.25) is 4.38 Å². The molecule has 1 aliphatic carbocycles. The SMILES string of the molecule is CCOC(=O)C(C)(C)SC(=S)OCCOC1C=CC(C(=O)C(C)(C)O)=CC1. The summed E-state index contributed by atoms with van der Waals surface area (Å²) >= 11 is 6.28. The molecule has 0 aromatic rings. The normalized spacial score (nSPS) is 17.3. The summed E-state index contributed by atoms with van der Waals surface area (Å²) in [6, 6.07) is 0. The lowest BCUT2D eigenvalue weighted by molar-refractivity contribution is -0.145. The molecule has 0 spiro atoms. The van der Waals surface area contributed by atoms with E-state index >= 15 is 0 Å². The molecule has 152 valence electrons. The van der Waals surface area contributed by atoms with Crippen LogP contribution in [0.1, 0.15) is 41.0 Å². The van der Waals surface area contributed by atoms with Gasteiger partial charge in [-0.15, -0.1) is 0 Å². The molecule has 1 N–H and O–H groups in total. The fraction of sp³-hybridized carbons (Fsp3) is 0.632. The molecule has 0 aromatic heterocycles. The van der Waals surface area contributed by atoms with Crippen LogP contribution in [0.3, 0.4) is 0 Å². The quantitative estimate of drug-likeness (QED) is 0.349. The third kappa shape index (κ3) is 8.13. The fourth-order valence-corrected chi connectivity index (χ4v) is 3.56. The van der Waals surface area contributed by atoms with Crippen LogP contribution in [-0.4, -0.2) is 57.5 Å². The maximum absolute atomic E-state index is 12.0. The number of thioether (sulfide) groups is 1. The van der Waals surface area contributed by atoms with Gasteiger partial charge in [0.05, 0.1) is 19.3 Å². The summed E-state index contributed by atoms with van der Waals surface area (Å²) in [5, 5.41) is 9.76. The van der Waals surface area contributed by atoms with E-state index in [-0.39, 0.29) is 28.8 Å². The van der Waals surface area contributed by atoms with E-state index in [0.29, 0.717) is 25.2 Å². The number of thiocarbonyl (C=S) groups is 1. The number of ether oxygens (including phenoxy) is 3. The van der Waals surface area contributed by atoms with Crippen LogP contribution < -0.4 is 0 Å². The van der Waals surface area contributed by atoms with Gasteiger partial charge in [0.25, 0.3) is 0 Å². The molecule has 27 heavy (non-hydrogen) atoms. The molecular formula is C19H28O6S2. The molecule has 1 unspecified atom stereocenters. The Morgan fingerprint density at radius 2 is 1.93 bits per heavy atom. The first-order chi connectivity index (χ1) is 12.5. The second kappa shape index (κ2) is 10.4. The van der Waals surface area contributed by atoms with E-state index in [1.54, 1.807) is 39.0 Å². The topological polar surface area (TPSA) is 82.1 Å². The summed E-state index contributed by atoms with van der Waals surface area (Å²) in [6.07, 6.45) is 5.59. The van der Waals surface area contributed by atoms with Crippen molar-refractivity contribution in [2.75, 3.05) is 19.8 Å². The Morgan fingerprint density at radius 3 is 2.44 bits per heavy atom. The standard InChI is InChI=1S/C19H28O6S2/c1-6-23-16(21)19(4,5)27-17(26)25-12-11-24-14-9-7-13(8-10-14)15(20)18(2,3)22/h7-9,14,22H,6,10-12H2,1-5H3. The molecule has 0 saturated carbocycles. The van der Waals surface area contributed by atoms with Crippen LogP contribution in [0.25, 0.3) is 0 Å². The van der Waals surface area contributed by atoms with Crippen LogP contribution in [0.15, 0.2) is 23.8 Å². The van der Waals surface area contributed by atoms with Crippen molar-refractivity contribution in [2.45, 2.75) is 57.5 Å². The van der Waals surface area contributed by atoms with Crippen molar-refractivity contribution in [1.82, 2.24) is 0 Å². The lowest BCUT2D eigenvalue weighted by Gasteiger charge is -2.22. The first kappa shape index (κ1) is 23.8. The molecule has 6 nitrogen and oxygen atoms in total. The van der Waals surface area contributed by atoms with E-state index in [4.69, 9.17) is 26.4 Å². The number of esters is 1. The zero-order valence-electron chi connectivity index (χ0n) is 16.4. The van der Waals surface area contributed by atoms with E-state index in [2.05, 4.69) is 0 Å². The monoisotopic (exact) mass is 416 g/mol. The molecule has 0 aromatic carbocycles. The van der Waals surface area contributed by atoms with Gasteiger partial charge >= 0.3 is 5.97 Å². The molecule has 1 rings (SSSR count). The van der Waals surface area contributed by atoms with Crippen molar-refractivity contribution in [3.05, 3.63) is 23.8 Å². The van der Waals surface area contributed by atoms with Crippen LogP contribution in [0, 0.1) is 0 Å². The third-order valence-electron chi connectivity index (χ3n) is 3.62. The summed E-state index contributed by atoms with van der Waals surface area (Å²) in [5.41, 5.74) is -0.903. The molecule has 1 aliphatic rings. The van der Waals surface area contributed by atoms with Gasteiger partial charge in [-0.05, 0) is 53.3 Å². The number of aliphatic hydroxyl groups is 1. The Morgan fingerprint density at radius 1 is 1.26 bits per heavy atom. The van der Waals surface area contributed by atoms with Gasteiger partial charge in [-0.3, -0.25) is 9.59 Å². The summed E-state index contributed by atoms with van der Waals surface area (Å²) in [7, 11) is 0.